The Morgan fingerprint density at radius 3 is 2.80 bits per heavy atom. The molecule has 4 nitrogen and oxygen atoms in total. The molecule has 0 aliphatic rings. The number of carbonyl (C=O) groups excluding carboxylic acids is 1. The largest absolute Gasteiger partial charge is 0.454 e. The van der Waals surface area contributed by atoms with Gasteiger partial charge < -0.3 is 4.42 Å². The fourth-order valence-corrected chi connectivity index (χ4v) is 3.39. The van der Waals surface area contributed by atoms with E-state index in [2.05, 4.69) is 10.3 Å². The van der Waals surface area contributed by atoms with Crippen LogP contribution in [0.3, 0.4) is 0 Å². The zero-order valence-corrected chi connectivity index (χ0v) is 14.7. The number of aryl methyl sites for hydroxylation is 2. The molecule has 25 heavy (non-hydrogen) atoms. The van der Waals surface area contributed by atoms with Gasteiger partial charge >= 0.3 is 0 Å². The highest BCUT2D eigenvalue weighted by molar-refractivity contribution is 7.14. The molecule has 2 aromatic carbocycles. The molecule has 0 saturated carbocycles. The second-order valence-corrected chi connectivity index (χ2v) is 6.82. The zero-order valence-electron chi connectivity index (χ0n) is 13.9. The lowest BCUT2D eigenvalue weighted by atomic mass is 10.1. The predicted octanol–water partition coefficient (Wildman–Crippen LogP) is 5.43. The number of rotatable bonds is 3. The third-order valence-electron chi connectivity index (χ3n) is 4.04. The van der Waals surface area contributed by atoms with E-state index >= 15 is 0 Å². The lowest BCUT2D eigenvalue weighted by Crippen LogP contribution is -2.13. The Balaban J connectivity index is 1.59. The van der Waals surface area contributed by atoms with Gasteiger partial charge in [0.25, 0.3) is 5.91 Å². The number of furan rings is 1. The number of thiazole rings is 1. The van der Waals surface area contributed by atoms with Crippen molar-refractivity contribution in [3.63, 3.8) is 0 Å². The minimum absolute atomic E-state index is 0.147. The number of para-hydroxylation sites is 1. The molecule has 0 radical (unpaired) electrons. The first-order valence-corrected chi connectivity index (χ1v) is 8.81. The highest BCUT2D eigenvalue weighted by Gasteiger charge is 2.14. The molecule has 2 aromatic heterocycles. The molecule has 0 spiro atoms. The summed E-state index contributed by atoms with van der Waals surface area (Å²) in [5.41, 5.74) is 4.21. The van der Waals surface area contributed by atoms with Crippen molar-refractivity contribution in [1.29, 1.82) is 0 Å². The number of anilines is 1. The molecule has 5 heteroatoms. The third kappa shape index (κ3) is 3.06. The van der Waals surface area contributed by atoms with Gasteiger partial charge in [-0.25, -0.2) is 4.98 Å². The second-order valence-electron chi connectivity index (χ2n) is 5.96. The van der Waals surface area contributed by atoms with Gasteiger partial charge in [-0.15, -0.1) is 11.3 Å². The average molecular weight is 348 g/mol. The van der Waals surface area contributed by atoms with Gasteiger partial charge in [0.05, 0.1) is 0 Å². The van der Waals surface area contributed by atoms with Gasteiger partial charge in [0.2, 0.25) is 0 Å². The van der Waals surface area contributed by atoms with Gasteiger partial charge in [0.15, 0.2) is 10.9 Å². The zero-order chi connectivity index (χ0) is 17.4. The molecule has 0 fully saturated rings. The second kappa shape index (κ2) is 6.18. The minimum atomic E-state index is -0.147. The molecule has 0 aliphatic heterocycles. The molecule has 0 bridgehead atoms. The van der Waals surface area contributed by atoms with Crippen LogP contribution in [0, 0.1) is 13.8 Å². The van der Waals surface area contributed by atoms with Gasteiger partial charge in [-0.05, 0) is 37.6 Å². The van der Waals surface area contributed by atoms with Crippen molar-refractivity contribution in [2.45, 2.75) is 13.8 Å². The standard InChI is InChI=1S/C20H16N2O2S/c1-12-7-8-13(2)15(9-12)19(23)22-20-21-16(11-25-20)18-10-14-5-3-4-6-17(14)24-18/h3-11H,1-2H3,(H,21,22,23). The predicted molar refractivity (Wildman–Crippen MR) is 101 cm³/mol. The van der Waals surface area contributed by atoms with Gasteiger partial charge in [0.1, 0.15) is 11.3 Å². The van der Waals surface area contributed by atoms with Crippen molar-refractivity contribution in [3.05, 3.63) is 70.6 Å². The number of fused-ring (bicyclic) bond motifs is 1. The van der Waals surface area contributed by atoms with E-state index in [0.717, 1.165) is 27.8 Å². The van der Waals surface area contributed by atoms with Gasteiger partial charge in [-0.3, -0.25) is 10.1 Å². The number of benzene rings is 2. The van der Waals surface area contributed by atoms with Crippen LogP contribution in [0.2, 0.25) is 0 Å². The summed E-state index contributed by atoms with van der Waals surface area (Å²) in [7, 11) is 0. The first-order valence-electron chi connectivity index (χ1n) is 7.93. The van der Waals surface area contributed by atoms with E-state index in [1.165, 1.54) is 11.3 Å². The molecule has 0 saturated heterocycles. The monoisotopic (exact) mass is 348 g/mol. The van der Waals surface area contributed by atoms with Crippen LogP contribution >= 0.6 is 11.3 Å². The lowest BCUT2D eigenvalue weighted by Gasteiger charge is -2.06. The fourth-order valence-electron chi connectivity index (χ4n) is 2.70. The summed E-state index contributed by atoms with van der Waals surface area (Å²) in [5, 5.41) is 6.35. The van der Waals surface area contributed by atoms with Crippen LogP contribution in [0.5, 0.6) is 0 Å². The summed E-state index contributed by atoms with van der Waals surface area (Å²) in [6.45, 7) is 3.90. The molecule has 4 rings (SSSR count). The maximum Gasteiger partial charge on any atom is 0.257 e. The van der Waals surface area contributed by atoms with Crippen molar-refractivity contribution < 1.29 is 9.21 Å². The number of carbonyl (C=O) groups is 1. The number of hydrogen-bond acceptors (Lipinski definition) is 4. The minimum Gasteiger partial charge on any atom is -0.454 e. The Kier molecular flexibility index (Phi) is 3.86. The van der Waals surface area contributed by atoms with Gasteiger partial charge in [-0.1, -0.05) is 35.9 Å². The van der Waals surface area contributed by atoms with Crippen molar-refractivity contribution in [3.8, 4) is 11.5 Å². The van der Waals surface area contributed by atoms with E-state index in [9.17, 15) is 4.79 Å². The smallest absolute Gasteiger partial charge is 0.257 e. The summed E-state index contributed by atoms with van der Waals surface area (Å²) in [6, 6.07) is 15.6. The van der Waals surface area contributed by atoms with Crippen LogP contribution in [0.25, 0.3) is 22.4 Å². The van der Waals surface area contributed by atoms with Crippen molar-refractivity contribution in [2.75, 3.05) is 5.32 Å². The van der Waals surface area contributed by atoms with Crippen molar-refractivity contribution >= 4 is 33.3 Å². The van der Waals surface area contributed by atoms with Crippen molar-refractivity contribution in [1.82, 2.24) is 4.98 Å². The highest BCUT2D eigenvalue weighted by atomic mass is 32.1. The number of aromatic nitrogens is 1. The van der Waals surface area contributed by atoms with Crippen LogP contribution in [0.1, 0.15) is 21.5 Å². The Labute approximate surface area is 149 Å². The topological polar surface area (TPSA) is 55.1 Å². The number of amides is 1. The maximum atomic E-state index is 12.5. The molecule has 0 aliphatic carbocycles. The van der Waals surface area contributed by atoms with Crippen molar-refractivity contribution in [2.24, 2.45) is 0 Å². The molecule has 1 amide bonds. The maximum absolute atomic E-state index is 12.5. The van der Waals surface area contributed by atoms with Crippen LogP contribution in [0.4, 0.5) is 5.13 Å². The van der Waals surface area contributed by atoms with E-state index in [-0.39, 0.29) is 5.91 Å². The summed E-state index contributed by atoms with van der Waals surface area (Å²) in [4.78, 5) is 17.0. The summed E-state index contributed by atoms with van der Waals surface area (Å²) >= 11 is 1.38. The molecular formula is C20H16N2O2S. The molecule has 4 aromatic rings. The lowest BCUT2D eigenvalue weighted by molar-refractivity contribution is 0.102. The number of nitrogens with one attached hydrogen (secondary N) is 1. The van der Waals surface area contributed by atoms with Crippen LogP contribution in [-0.4, -0.2) is 10.9 Å². The Morgan fingerprint density at radius 2 is 1.96 bits per heavy atom. The van der Waals surface area contributed by atoms with Gasteiger partial charge in [-0.2, -0.15) is 0 Å². The summed E-state index contributed by atoms with van der Waals surface area (Å²) in [6.07, 6.45) is 0. The highest BCUT2D eigenvalue weighted by Crippen LogP contribution is 2.30. The van der Waals surface area contributed by atoms with Crippen LogP contribution < -0.4 is 5.32 Å². The Morgan fingerprint density at radius 1 is 1.12 bits per heavy atom. The first kappa shape index (κ1) is 15.6. The first-order chi connectivity index (χ1) is 12.1. The van der Waals surface area contributed by atoms with Gasteiger partial charge in [0, 0.05) is 16.3 Å². The number of hydrogen-bond donors (Lipinski definition) is 1. The quantitative estimate of drug-likeness (QED) is 0.537. The fraction of sp³-hybridized carbons (Fsp3) is 0.100. The SMILES string of the molecule is Cc1ccc(C)c(C(=O)Nc2nc(-c3cc4ccccc4o3)cs2)c1. The van der Waals surface area contributed by atoms with E-state index in [1.807, 2.05) is 67.8 Å². The average Bonchev–Trinajstić information content (AvgIpc) is 3.23. The Bertz CT molecular complexity index is 1050. The Hall–Kier alpha value is -2.92. The normalized spacial score (nSPS) is 11.0. The van der Waals surface area contributed by atoms with E-state index in [0.29, 0.717) is 16.5 Å². The molecule has 0 atom stereocenters. The molecular weight excluding hydrogens is 332 g/mol. The summed E-state index contributed by atoms with van der Waals surface area (Å²) < 4.78 is 5.82. The van der Waals surface area contributed by atoms with E-state index in [1.54, 1.807) is 0 Å². The molecule has 124 valence electrons. The molecule has 1 N–H and O–H groups in total. The summed E-state index contributed by atoms with van der Waals surface area (Å²) in [5.74, 6) is 0.552. The van der Waals surface area contributed by atoms with E-state index < -0.39 is 0 Å². The van der Waals surface area contributed by atoms with E-state index in [4.69, 9.17) is 4.42 Å². The molecule has 0 unspecified atom stereocenters. The number of nitrogens with zero attached hydrogens (tertiary/aromatic N) is 1. The molecule has 2 heterocycles. The third-order valence-corrected chi connectivity index (χ3v) is 4.80. The van der Waals surface area contributed by atoms with Crippen LogP contribution in [0.15, 0.2) is 58.3 Å². The van der Waals surface area contributed by atoms with Crippen LogP contribution in [-0.2, 0) is 0 Å².